The summed E-state index contributed by atoms with van der Waals surface area (Å²) in [6.45, 7) is 10.4. The number of ether oxygens (including phenoxy) is 3. The molecule has 0 saturated carbocycles. The van der Waals surface area contributed by atoms with Gasteiger partial charge in [-0.05, 0) is 27.2 Å². The third-order valence-electron chi connectivity index (χ3n) is 3.92. The Morgan fingerprint density at radius 2 is 1.95 bits per heavy atom. The molecule has 21 heavy (non-hydrogen) atoms. The second kappa shape index (κ2) is 6.94. The molecule has 0 aromatic rings. The van der Waals surface area contributed by atoms with Gasteiger partial charge in [0.15, 0.2) is 0 Å². The molecule has 2 aliphatic heterocycles. The van der Waals surface area contributed by atoms with E-state index < -0.39 is 5.60 Å². The van der Waals surface area contributed by atoms with E-state index in [1.165, 1.54) is 0 Å². The molecule has 0 aromatic heterocycles. The summed E-state index contributed by atoms with van der Waals surface area (Å²) in [6.07, 6.45) is 0.813. The zero-order chi connectivity index (χ0) is 15.5. The smallest absolute Gasteiger partial charge is 0.410 e. The van der Waals surface area contributed by atoms with Gasteiger partial charge in [-0.3, -0.25) is 4.90 Å². The van der Waals surface area contributed by atoms with Gasteiger partial charge in [-0.25, -0.2) is 4.79 Å². The average molecular weight is 300 g/mol. The molecule has 0 bridgehead atoms. The molecule has 2 fully saturated rings. The lowest BCUT2D eigenvalue weighted by Crippen LogP contribution is -2.45. The van der Waals surface area contributed by atoms with Gasteiger partial charge in [-0.2, -0.15) is 0 Å². The van der Waals surface area contributed by atoms with Gasteiger partial charge in [0.05, 0.1) is 25.3 Å². The van der Waals surface area contributed by atoms with Gasteiger partial charge in [0.25, 0.3) is 0 Å². The Morgan fingerprint density at radius 1 is 1.19 bits per heavy atom. The lowest BCUT2D eigenvalue weighted by molar-refractivity contribution is 0.0246. The molecular weight excluding hydrogens is 272 g/mol. The highest BCUT2D eigenvalue weighted by molar-refractivity contribution is 5.68. The maximum Gasteiger partial charge on any atom is 0.410 e. The number of likely N-dealkylation sites (tertiary alicyclic amines) is 1. The minimum atomic E-state index is -0.464. The highest BCUT2D eigenvalue weighted by atomic mass is 16.6. The van der Waals surface area contributed by atoms with E-state index >= 15 is 0 Å². The molecule has 0 aliphatic carbocycles. The van der Waals surface area contributed by atoms with Crippen LogP contribution < -0.4 is 0 Å². The second-order valence-electron chi connectivity index (χ2n) is 6.73. The lowest BCUT2D eigenvalue weighted by atomic mass is 10.1. The van der Waals surface area contributed by atoms with Crippen molar-refractivity contribution in [3.05, 3.63) is 0 Å². The quantitative estimate of drug-likeness (QED) is 0.770. The molecule has 6 nitrogen and oxygen atoms in total. The normalized spacial score (nSPS) is 28.5. The number of amides is 1. The van der Waals surface area contributed by atoms with E-state index in [2.05, 4.69) is 4.90 Å². The van der Waals surface area contributed by atoms with Gasteiger partial charge in [-0.1, -0.05) is 0 Å². The van der Waals surface area contributed by atoms with Crippen molar-refractivity contribution in [2.75, 3.05) is 46.5 Å². The summed E-state index contributed by atoms with van der Waals surface area (Å²) in [5.74, 6) is 0. The van der Waals surface area contributed by atoms with Crippen molar-refractivity contribution in [3.63, 3.8) is 0 Å². The number of carbonyl (C=O) groups is 1. The van der Waals surface area contributed by atoms with Crippen LogP contribution in [0.1, 0.15) is 27.2 Å². The molecule has 0 N–H and O–H groups in total. The van der Waals surface area contributed by atoms with Crippen LogP contribution in [-0.4, -0.2) is 80.1 Å². The van der Waals surface area contributed by atoms with Crippen molar-refractivity contribution in [1.29, 1.82) is 0 Å². The molecular formula is C15H28N2O4. The maximum absolute atomic E-state index is 12.2. The first-order chi connectivity index (χ1) is 9.90. The van der Waals surface area contributed by atoms with Gasteiger partial charge < -0.3 is 19.1 Å². The molecule has 0 spiro atoms. The van der Waals surface area contributed by atoms with Gasteiger partial charge in [0, 0.05) is 33.4 Å². The fourth-order valence-corrected chi connectivity index (χ4v) is 2.91. The molecule has 2 unspecified atom stereocenters. The number of nitrogens with zero attached hydrogens (tertiary/aromatic N) is 2. The number of carbonyl (C=O) groups excluding carboxylic acids is 1. The monoisotopic (exact) mass is 300 g/mol. The van der Waals surface area contributed by atoms with Crippen molar-refractivity contribution in [2.45, 2.75) is 44.9 Å². The van der Waals surface area contributed by atoms with Crippen LogP contribution in [0.25, 0.3) is 0 Å². The minimum Gasteiger partial charge on any atom is -0.444 e. The summed E-state index contributed by atoms with van der Waals surface area (Å²) in [5.41, 5.74) is -0.464. The van der Waals surface area contributed by atoms with E-state index in [-0.39, 0.29) is 18.2 Å². The Morgan fingerprint density at radius 3 is 2.62 bits per heavy atom. The van der Waals surface area contributed by atoms with Crippen LogP contribution in [0.5, 0.6) is 0 Å². The van der Waals surface area contributed by atoms with Crippen LogP contribution in [0.15, 0.2) is 0 Å². The first-order valence-electron chi connectivity index (χ1n) is 7.73. The van der Waals surface area contributed by atoms with E-state index in [1.54, 1.807) is 12.0 Å². The van der Waals surface area contributed by atoms with Crippen LogP contribution in [0.3, 0.4) is 0 Å². The number of methoxy groups -OCH3 is 1. The van der Waals surface area contributed by atoms with E-state index in [0.29, 0.717) is 13.1 Å². The average Bonchev–Trinajstić information content (AvgIpc) is 2.64. The SMILES string of the molecule is COC1CN(C(=O)OC(C)(C)C)CC1N1CCCOCC1. The van der Waals surface area contributed by atoms with Crippen LogP contribution in [0, 0.1) is 0 Å². The standard InChI is InChI=1S/C15H28N2O4/c1-15(2,3)21-14(18)17-10-12(13(11-17)19-4)16-6-5-8-20-9-7-16/h12-13H,5-11H2,1-4H3. The van der Waals surface area contributed by atoms with Crippen LogP contribution >= 0.6 is 0 Å². The van der Waals surface area contributed by atoms with Gasteiger partial charge in [0.2, 0.25) is 0 Å². The molecule has 2 rings (SSSR count). The summed E-state index contributed by atoms with van der Waals surface area (Å²) in [5, 5.41) is 0. The van der Waals surface area contributed by atoms with E-state index in [0.717, 1.165) is 32.7 Å². The molecule has 2 atom stereocenters. The Hall–Kier alpha value is -0.850. The van der Waals surface area contributed by atoms with Crippen molar-refractivity contribution in [1.82, 2.24) is 9.80 Å². The topological polar surface area (TPSA) is 51.2 Å². The highest BCUT2D eigenvalue weighted by Gasteiger charge is 2.40. The first kappa shape index (κ1) is 16.5. The van der Waals surface area contributed by atoms with Crippen molar-refractivity contribution in [2.24, 2.45) is 0 Å². The van der Waals surface area contributed by atoms with E-state index in [9.17, 15) is 4.79 Å². The van der Waals surface area contributed by atoms with Crippen molar-refractivity contribution >= 4 is 6.09 Å². The molecule has 2 saturated heterocycles. The molecule has 1 amide bonds. The molecule has 0 radical (unpaired) electrons. The highest BCUT2D eigenvalue weighted by Crippen LogP contribution is 2.22. The van der Waals surface area contributed by atoms with Gasteiger partial charge >= 0.3 is 6.09 Å². The summed E-state index contributed by atoms with van der Waals surface area (Å²) < 4.78 is 16.6. The third-order valence-corrected chi connectivity index (χ3v) is 3.92. The van der Waals surface area contributed by atoms with E-state index in [4.69, 9.17) is 14.2 Å². The lowest BCUT2D eigenvalue weighted by Gasteiger charge is -2.30. The Labute approximate surface area is 127 Å². The second-order valence-corrected chi connectivity index (χ2v) is 6.73. The van der Waals surface area contributed by atoms with Crippen LogP contribution in [0.4, 0.5) is 4.79 Å². The fourth-order valence-electron chi connectivity index (χ4n) is 2.91. The van der Waals surface area contributed by atoms with Crippen LogP contribution in [-0.2, 0) is 14.2 Å². The predicted molar refractivity (Wildman–Crippen MR) is 79.4 cm³/mol. The Kier molecular flexibility index (Phi) is 5.46. The van der Waals surface area contributed by atoms with Gasteiger partial charge in [0.1, 0.15) is 5.60 Å². The number of hydrogen-bond acceptors (Lipinski definition) is 5. The van der Waals surface area contributed by atoms with Crippen molar-refractivity contribution < 1.29 is 19.0 Å². The van der Waals surface area contributed by atoms with E-state index in [1.807, 2.05) is 20.8 Å². The molecule has 0 aromatic carbocycles. The summed E-state index contributed by atoms with van der Waals surface area (Å²) in [6, 6.07) is 0.226. The molecule has 122 valence electrons. The number of hydrogen-bond donors (Lipinski definition) is 0. The zero-order valence-electron chi connectivity index (χ0n) is 13.6. The molecule has 6 heteroatoms. The Balaban J connectivity index is 1.97. The molecule has 2 heterocycles. The summed E-state index contributed by atoms with van der Waals surface area (Å²) in [7, 11) is 1.71. The summed E-state index contributed by atoms with van der Waals surface area (Å²) in [4.78, 5) is 16.4. The number of rotatable bonds is 2. The zero-order valence-corrected chi connectivity index (χ0v) is 13.6. The van der Waals surface area contributed by atoms with Crippen molar-refractivity contribution in [3.8, 4) is 0 Å². The Bertz CT molecular complexity index is 348. The maximum atomic E-state index is 12.2. The predicted octanol–water partition coefficient (Wildman–Crippen LogP) is 1.34. The third kappa shape index (κ3) is 4.56. The summed E-state index contributed by atoms with van der Waals surface area (Å²) >= 11 is 0. The fraction of sp³-hybridized carbons (Fsp3) is 0.933. The first-order valence-corrected chi connectivity index (χ1v) is 7.73. The van der Waals surface area contributed by atoms with Crippen LogP contribution in [0.2, 0.25) is 0 Å². The molecule has 2 aliphatic rings. The largest absolute Gasteiger partial charge is 0.444 e. The minimum absolute atomic E-state index is 0.0376. The van der Waals surface area contributed by atoms with Gasteiger partial charge in [-0.15, -0.1) is 0 Å².